The molecule has 1 aromatic heterocycles. The zero-order chi connectivity index (χ0) is 22.6. The molecule has 0 aliphatic heterocycles. The van der Waals surface area contributed by atoms with E-state index < -0.39 is 17.2 Å². The van der Waals surface area contributed by atoms with Gasteiger partial charge in [-0.3, -0.25) is 4.79 Å². The third-order valence-corrected chi connectivity index (χ3v) is 4.59. The standard InChI is InChI=1S/C25H29N3O3/c1-24(2,3)31-23(30)28-25(4,5)22(29)27-20-16-19(17-12-8-6-9-13-17)21(26-20)18-14-10-7-11-15-18/h6-16,26H,1-5H3,(H,27,29)(H,28,30). The Morgan fingerprint density at radius 3 is 1.94 bits per heavy atom. The Bertz CT molecular complexity index is 992. The number of ether oxygens (including phenoxy) is 1. The summed E-state index contributed by atoms with van der Waals surface area (Å²) in [5.74, 6) is 0.181. The van der Waals surface area contributed by atoms with Crippen LogP contribution in [-0.2, 0) is 9.53 Å². The lowest BCUT2D eigenvalue weighted by atomic mass is 10.0. The largest absolute Gasteiger partial charge is 0.444 e. The molecule has 162 valence electrons. The summed E-state index contributed by atoms with van der Waals surface area (Å²) in [6.45, 7) is 8.58. The number of aromatic amines is 1. The maximum atomic E-state index is 12.9. The third kappa shape index (κ3) is 5.75. The van der Waals surface area contributed by atoms with Crippen LogP contribution in [0.15, 0.2) is 66.7 Å². The van der Waals surface area contributed by atoms with Crippen molar-refractivity contribution < 1.29 is 14.3 Å². The van der Waals surface area contributed by atoms with E-state index in [0.717, 1.165) is 22.4 Å². The van der Waals surface area contributed by atoms with Crippen LogP contribution in [-0.4, -0.2) is 28.1 Å². The number of hydrogen-bond donors (Lipinski definition) is 3. The number of H-pyrrole nitrogens is 1. The van der Waals surface area contributed by atoms with Crippen molar-refractivity contribution in [2.24, 2.45) is 0 Å². The van der Waals surface area contributed by atoms with E-state index in [9.17, 15) is 9.59 Å². The Balaban J connectivity index is 1.85. The van der Waals surface area contributed by atoms with Gasteiger partial charge in [0.15, 0.2) is 0 Å². The van der Waals surface area contributed by atoms with Gasteiger partial charge in [0.2, 0.25) is 0 Å². The van der Waals surface area contributed by atoms with E-state index in [1.807, 2.05) is 66.7 Å². The molecule has 6 nitrogen and oxygen atoms in total. The molecule has 3 N–H and O–H groups in total. The summed E-state index contributed by atoms with van der Waals surface area (Å²) in [4.78, 5) is 28.4. The van der Waals surface area contributed by atoms with Crippen molar-refractivity contribution in [1.29, 1.82) is 0 Å². The topological polar surface area (TPSA) is 83.2 Å². The van der Waals surface area contributed by atoms with Crippen LogP contribution < -0.4 is 10.6 Å². The molecule has 0 fully saturated rings. The molecule has 0 spiro atoms. The van der Waals surface area contributed by atoms with Crippen molar-refractivity contribution in [1.82, 2.24) is 10.3 Å². The molecule has 3 rings (SSSR count). The Labute approximate surface area is 183 Å². The fraction of sp³-hybridized carbons (Fsp3) is 0.280. The highest BCUT2D eigenvalue weighted by molar-refractivity contribution is 6.00. The van der Waals surface area contributed by atoms with E-state index in [2.05, 4.69) is 15.6 Å². The highest BCUT2D eigenvalue weighted by atomic mass is 16.6. The summed E-state index contributed by atoms with van der Waals surface area (Å²) >= 11 is 0. The van der Waals surface area contributed by atoms with Gasteiger partial charge in [0.05, 0.1) is 5.69 Å². The van der Waals surface area contributed by atoms with E-state index in [4.69, 9.17) is 4.74 Å². The first-order valence-corrected chi connectivity index (χ1v) is 10.2. The van der Waals surface area contributed by atoms with Gasteiger partial charge in [-0.2, -0.15) is 0 Å². The molecule has 0 unspecified atom stereocenters. The Hall–Kier alpha value is -3.54. The second-order valence-corrected chi connectivity index (χ2v) is 8.91. The van der Waals surface area contributed by atoms with Gasteiger partial charge in [-0.25, -0.2) is 4.79 Å². The van der Waals surface area contributed by atoms with Gasteiger partial charge in [-0.15, -0.1) is 0 Å². The maximum absolute atomic E-state index is 12.9. The summed E-state index contributed by atoms with van der Waals surface area (Å²) in [6, 6.07) is 21.8. The van der Waals surface area contributed by atoms with Crippen molar-refractivity contribution in [2.45, 2.75) is 45.8 Å². The number of amides is 2. The van der Waals surface area contributed by atoms with Crippen molar-refractivity contribution in [3.8, 4) is 22.4 Å². The molecule has 31 heavy (non-hydrogen) atoms. The number of rotatable bonds is 5. The summed E-state index contributed by atoms with van der Waals surface area (Å²) < 4.78 is 5.27. The highest BCUT2D eigenvalue weighted by Crippen LogP contribution is 2.34. The summed E-state index contributed by atoms with van der Waals surface area (Å²) in [5, 5.41) is 5.52. The van der Waals surface area contributed by atoms with Crippen molar-refractivity contribution in [3.63, 3.8) is 0 Å². The molecule has 2 amide bonds. The minimum absolute atomic E-state index is 0.362. The Kier molecular flexibility index (Phi) is 6.20. The number of aromatic nitrogens is 1. The SMILES string of the molecule is CC(C)(C)OC(=O)NC(C)(C)C(=O)Nc1cc(-c2ccccc2)c(-c2ccccc2)[nH]1. The van der Waals surface area contributed by atoms with Crippen LogP contribution in [0.2, 0.25) is 0 Å². The summed E-state index contributed by atoms with van der Waals surface area (Å²) in [7, 11) is 0. The summed E-state index contributed by atoms with van der Waals surface area (Å²) in [6.07, 6.45) is -0.644. The van der Waals surface area contributed by atoms with Gasteiger partial charge in [0.25, 0.3) is 5.91 Å². The van der Waals surface area contributed by atoms with Gasteiger partial charge in [-0.1, -0.05) is 60.7 Å². The van der Waals surface area contributed by atoms with Crippen molar-refractivity contribution in [3.05, 3.63) is 66.7 Å². The van der Waals surface area contributed by atoms with Crippen LogP contribution in [0.4, 0.5) is 10.6 Å². The van der Waals surface area contributed by atoms with Crippen LogP contribution in [0.25, 0.3) is 22.4 Å². The molecule has 0 radical (unpaired) electrons. The molecule has 0 aliphatic carbocycles. The number of benzene rings is 2. The first-order chi connectivity index (χ1) is 14.5. The van der Waals surface area contributed by atoms with Crippen molar-refractivity contribution >= 4 is 17.8 Å². The van der Waals surface area contributed by atoms with Gasteiger partial charge >= 0.3 is 6.09 Å². The number of carbonyl (C=O) groups is 2. The van der Waals surface area contributed by atoms with Crippen LogP contribution in [0.1, 0.15) is 34.6 Å². The highest BCUT2D eigenvalue weighted by Gasteiger charge is 2.32. The minimum Gasteiger partial charge on any atom is -0.444 e. The van der Waals surface area contributed by atoms with Gasteiger partial charge < -0.3 is 20.4 Å². The monoisotopic (exact) mass is 419 g/mol. The fourth-order valence-corrected chi connectivity index (χ4v) is 3.09. The smallest absolute Gasteiger partial charge is 0.408 e. The Morgan fingerprint density at radius 1 is 0.839 bits per heavy atom. The first kappa shape index (κ1) is 22.2. The lowest BCUT2D eigenvalue weighted by molar-refractivity contribution is -0.121. The quantitative estimate of drug-likeness (QED) is 0.504. The van der Waals surface area contributed by atoms with E-state index in [1.54, 1.807) is 34.6 Å². The van der Waals surface area contributed by atoms with E-state index in [1.165, 1.54) is 0 Å². The van der Waals surface area contributed by atoms with Crippen LogP contribution in [0.5, 0.6) is 0 Å². The molecule has 0 bridgehead atoms. The second kappa shape index (κ2) is 8.68. The lowest BCUT2D eigenvalue weighted by Gasteiger charge is -2.27. The number of nitrogens with one attached hydrogen (secondary N) is 3. The molecule has 0 saturated carbocycles. The predicted molar refractivity (Wildman–Crippen MR) is 124 cm³/mol. The number of hydrogen-bond acceptors (Lipinski definition) is 3. The van der Waals surface area contributed by atoms with Crippen LogP contribution in [0, 0.1) is 0 Å². The molecule has 3 aromatic rings. The molecule has 2 aromatic carbocycles. The number of alkyl carbamates (subject to hydrolysis) is 1. The molecule has 0 aliphatic rings. The summed E-state index contributed by atoms with van der Waals surface area (Å²) in [5.41, 5.74) is 2.09. The predicted octanol–water partition coefficient (Wildman–Crippen LogP) is 5.59. The van der Waals surface area contributed by atoms with E-state index in [0.29, 0.717) is 5.82 Å². The zero-order valence-electron chi connectivity index (χ0n) is 18.6. The molecule has 0 saturated heterocycles. The zero-order valence-corrected chi connectivity index (χ0v) is 18.6. The first-order valence-electron chi connectivity index (χ1n) is 10.2. The van der Waals surface area contributed by atoms with Crippen molar-refractivity contribution in [2.75, 3.05) is 5.32 Å². The van der Waals surface area contributed by atoms with Gasteiger partial charge in [0, 0.05) is 5.56 Å². The fourth-order valence-electron chi connectivity index (χ4n) is 3.09. The van der Waals surface area contributed by atoms with Gasteiger partial charge in [-0.05, 0) is 51.8 Å². The van der Waals surface area contributed by atoms with Gasteiger partial charge in [0.1, 0.15) is 17.0 Å². The van der Waals surface area contributed by atoms with E-state index in [-0.39, 0.29) is 5.91 Å². The molecular formula is C25H29N3O3. The Morgan fingerprint density at radius 2 is 1.39 bits per heavy atom. The normalized spacial score (nSPS) is 11.6. The minimum atomic E-state index is -1.17. The lowest BCUT2D eigenvalue weighted by Crippen LogP contribution is -2.53. The second-order valence-electron chi connectivity index (χ2n) is 8.91. The van der Waals surface area contributed by atoms with Crippen LogP contribution >= 0.6 is 0 Å². The maximum Gasteiger partial charge on any atom is 0.408 e. The van der Waals surface area contributed by atoms with Crippen LogP contribution in [0.3, 0.4) is 0 Å². The molecule has 0 atom stereocenters. The molecule has 6 heteroatoms. The molecule has 1 heterocycles. The number of carbonyl (C=O) groups excluding carboxylic acids is 2. The average Bonchev–Trinajstić information content (AvgIpc) is 3.11. The van der Waals surface area contributed by atoms with E-state index >= 15 is 0 Å². The number of anilines is 1. The third-order valence-electron chi connectivity index (χ3n) is 4.59. The average molecular weight is 420 g/mol. The molecular weight excluding hydrogens is 390 g/mol.